The van der Waals surface area contributed by atoms with E-state index < -0.39 is 23.1 Å². The van der Waals surface area contributed by atoms with E-state index in [-0.39, 0.29) is 36.1 Å². The van der Waals surface area contributed by atoms with Gasteiger partial charge in [0.2, 0.25) is 0 Å². The number of alkyl halides is 1. The molecule has 0 radical (unpaired) electrons. The van der Waals surface area contributed by atoms with Crippen molar-refractivity contribution in [1.82, 2.24) is 0 Å². The van der Waals surface area contributed by atoms with Gasteiger partial charge in [0.05, 0.1) is 34.8 Å². The number of rotatable bonds is 9. The van der Waals surface area contributed by atoms with Crippen LogP contribution in [0.4, 0.5) is 0 Å². The van der Waals surface area contributed by atoms with Gasteiger partial charge in [-0.15, -0.1) is 0 Å². The summed E-state index contributed by atoms with van der Waals surface area (Å²) in [6, 6.07) is 26.2. The van der Waals surface area contributed by atoms with Crippen molar-refractivity contribution in [1.29, 1.82) is 0 Å². The minimum absolute atomic E-state index is 0. The lowest BCUT2D eigenvalue weighted by Crippen LogP contribution is -2.15. The number of benzene rings is 4. The molecule has 4 aromatic rings. The Morgan fingerprint density at radius 2 is 0.772 bits per heavy atom. The number of methoxy groups -OCH3 is 1. The first-order chi connectivity index (χ1) is 26.1. The first kappa shape index (κ1) is 56.2. The molecule has 0 fully saturated rings. The third kappa shape index (κ3) is 21.7. The van der Waals surface area contributed by atoms with Crippen LogP contribution in [0.2, 0.25) is 0 Å². The van der Waals surface area contributed by atoms with Crippen molar-refractivity contribution in [3.05, 3.63) is 142 Å². The van der Waals surface area contributed by atoms with E-state index >= 15 is 0 Å². The summed E-state index contributed by atoms with van der Waals surface area (Å²) in [6.45, 7) is 15.3. The molecule has 0 amide bonds. The minimum atomic E-state index is -0.981. The van der Waals surface area contributed by atoms with Gasteiger partial charge in [0.15, 0.2) is 23.1 Å². The third-order valence-corrected chi connectivity index (χ3v) is 7.79. The zero-order chi connectivity index (χ0) is 43.8. The molecular formula is C45H59BrO11. The van der Waals surface area contributed by atoms with E-state index in [9.17, 15) is 39.0 Å². The molecule has 0 aliphatic carbocycles. The molecule has 11 nitrogen and oxygen atoms in total. The molecule has 4 aromatic carbocycles. The van der Waals surface area contributed by atoms with Gasteiger partial charge in [-0.3, -0.25) is 19.2 Å². The van der Waals surface area contributed by atoms with Gasteiger partial charge in [-0.2, -0.15) is 0 Å². The molecule has 0 atom stereocenters. The maximum atomic E-state index is 11.3. The van der Waals surface area contributed by atoms with Gasteiger partial charge >= 0.3 is 11.9 Å². The van der Waals surface area contributed by atoms with E-state index in [1.54, 1.807) is 100 Å². The number of hydrogen-bond acceptors (Lipinski definition) is 10. The van der Waals surface area contributed by atoms with Gasteiger partial charge in [-0.25, -0.2) is 9.59 Å². The van der Waals surface area contributed by atoms with E-state index in [4.69, 9.17) is 10.2 Å². The number of hydrogen-bond donors (Lipinski definition) is 4. The molecule has 0 aliphatic rings. The number of aliphatic hydroxyl groups is 3. The summed E-state index contributed by atoms with van der Waals surface area (Å²) < 4.78 is 4.51. The number of ether oxygens (including phenoxy) is 1. The number of esters is 1. The topological polar surface area (TPSA) is 193 Å². The smallest absolute Gasteiger partial charge is 0.337 e. The van der Waals surface area contributed by atoms with Crippen LogP contribution in [0, 0.1) is 0 Å². The summed E-state index contributed by atoms with van der Waals surface area (Å²) in [5.41, 5.74) is 3.04. The second-order valence-corrected chi connectivity index (χ2v) is 13.0. The van der Waals surface area contributed by atoms with Gasteiger partial charge in [-0.05, 0) is 83.9 Å². The average molecular weight is 856 g/mol. The number of carbonyl (C=O) groups is 6. The summed E-state index contributed by atoms with van der Waals surface area (Å²) in [6.07, 6.45) is 0. The maximum Gasteiger partial charge on any atom is 0.337 e. The molecular weight excluding hydrogens is 796 g/mol. The van der Waals surface area contributed by atoms with E-state index in [0.717, 1.165) is 18.2 Å². The van der Waals surface area contributed by atoms with Crippen molar-refractivity contribution in [2.24, 2.45) is 0 Å². The normalized spacial score (nSPS) is 9.74. The van der Waals surface area contributed by atoms with Crippen molar-refractivity contribution in [2.75, 3.05) is 19.5 Å². The predicted molar refractivity (Wildman–Crippen MR) is 229 cm³/mol. The quantitative estimate of drug-likeness (QED) is 0.0713. The molecule has 12 heteroatoms. The Kier molecular flexibility index (Phi) is 27.9. The van der Waals surface area contributed by atoms with E-state index in [2.05, 4.69) is 20.7 Å². The second kappa shape index (κ2) is 28.3. The van der Waals surface area contributed by atoms with Crippen molar-refractivity contribution in [3.63, 3.8) is 0 Å². The molecule has 57 heavy (non-hydrogen) atoms. The minimum Gasteiger partial charge on any atom is -0.478 e. The Bertz CT molecular complexity index is 1780. The molecule has 0 aromatic heterocycles. The fourth-order valence-electron chi connectivity index (χ4n) is 4.06. The van der Waals surface area contributed by atoms with E-state index in [1.165, 1.54) is 52.1 Å². The maximum absolute atomic E-state index is 11.3. The summed E-state index contributed by atoms with van der Waals surface area (Å²) in [5.74, 6) is -1.36. The summed E-state index contributed by atoms with van der Waals surface area (Å²) in [5, 5.41) is 35.2. The van der Waals surface area contributed by atoms with Crippen molar-refractivity contribution in [2.45, 2.75) is 80.9 Å². The highest BCUT2D eigenvalue weighted by Gasteiger charge is 2.16. The van der Waals surface area contributed by atoms with Crippen LogP contribution in [-0.2, 0) is 15.9 Å². The van der Waals surface area contributed by atoms with E-state index in [0.29, 0.717) is 33.1 Å². The molecule has 0 heterocycles. The monoisotopic (exact) mass is 854 g/mol. The standard InChI is InChI=1S/C11H13BrO2.C11H14O2.C10H10O3.C9H8O3.C2H6.CH4O.CH4/c1-11(2,14)9-5-3-8(4-6-9)10(13)7-12;1-8(12)9-4-6-10(7-5-9)11(2,3)13;1-7(11)8-3-5-9(6-4-8)10(12)13-2;1-6(10)7-2-4-8(5-3-7)9(11)12;2*1-2;/h3-6,14H,7H2,1-2H3;4-7,13H,1-3H3;3-6H,1-2H3;2-5H,1H3,(H,11,12);1-2H3;2H,1H3;1H4. The van der Waals surface area contributed by atoms with Crippen LogP contribution in [0.1, 0.15) is 143 Å². The molecule has 0 bridgehead atoms. The summed E-state index contributed by atoms with van der Waals surface area (Å²) >= 11 is 3.11. The SMILES string of the molecule is C.CC.CC(=O)c1ccc(C(=O)O)cc1.CC(=O)c1ccc(C(C)(C)O)cc1.CC(C)(O)c1ccc(C(=O)CBr)cc1.CO.COC(=O)c1ccc(C(C)=O)cc1. The largest absolute Gasteiger partial charge is 0.478 e. The van der Waals surface area contributed by atoms with Crippen LogP contribution in [0.5, 0.6) is 0 Å². The predicted octanol–water partition coefficient (Wildman–Crippen LogP) is 9.14. The highest BCUT2D eigenvalue weighted by Crippen LogP contribution is 2.21. The van der Waals surface area contributed by atoms with Gasteiger partial charge in [0, 0.05) is 29.4 Å². The van der Waals surface area contributed by atoms with Crippen molar-refractivity contribution < 1.29 is 53.9 Å². The van der Waals surface area contributed by atoms with Crippen LogP contribution < -0.4 is 0 Å². The molecule has 0 saturated carbocycles. The van der Waals surface area contributed by atoms with Crippen molar-refractivity contribution >= 4 is 51.0 Å². The number of Topliss-reactive ketones (excluding diaryl/α,β-unsaturated/α-hetero) is 4. The average Bonchev–Trinajstić information content (AvgIpc) is 3.19. The highest BCUT2D eigenvalue weighted by molar-refractivity contribution is 9.09. The number of carboxylic acid groups (broad SMARTS) is 1. The molecule has 312 valence electrons. The fourth-order valence-corrected chi connectivity index (χ4v) is 4.38. The summed E-state index contributed by atoms with van der Waals surface area (Å²) in [4.78, 5) is 65.3. The third-order valence-electron chi connectivity index (χ3n) is 7.28. The first-order valence-corrected chi connectivity index (χ1v) is 18.5. The number of aliphatic hydroxyl groups excluding tert-OH is 1. The van der Waals surface area contributed by atoms with Crippen LogP contribution >= 0.6 is 15.9 Å². The van der Waals surface area contributed by atoms with E-state index in [1.807, 2.05) is 13.8 Å². The zero-order valence-corrected chi connectivity index (χ0v) is 35.6. The molecule has 0 spiro atoms. The molecule has 0 unspecified atom stereocenters. The van der Waals surface area contributed by atoms with Gasteiger partial charge in [0.25, 0.3) is 0 Å². The fraction of sp³-hybridized carbons (Fsp3) is 0.333. The Morgan fingerprint density at radius 3 is 1.00 bits per heavy atom. The molecule has 4 rings (SSSR count). The Morgan fingerprint density at radius 1 is 0.526 bits per heavy atom. The Labute approximate surface area is 345 Å². The van der Waals surface area contributed by atoms with Crippen LogP contribution in [-0.4, -0.2) is 75.0 Å². The Balaban J connectivity index is -0.000000659. The number of carboxylic acids is 1. The zero-order valence-electron chi connectivity index (χ0n) is 34.0. The lowest BCUT2D eigenvalue weighted by atomic mass is 9.97. The molecule has 0 aliphatic heterocycles. The summed E-state index contributed by atoms with van der Waals surface area (Å²) in [7, 11) is 2.32. The lowest BCUT2D eigenvalue weighted by molar-refractivity contribution is 0.0598. The number of halogens is 1. The van der Waals surface area contributed by atoms with Gasteiger partial charge in [0.1, 0.15) is 0 Å². The number of ketones is 4. The van der Waals surface area contributed by atoms with Crippen molar-refractivity contribution in [3.8, 4) is 0 Å². The van der Waals surface area contributed by atoms with Crippen LogP contribution in [0.3, 0.4) is 0 Å². The van der Waals surface area contributed by atoms with Gasteiger partial charge < -0.3 is 25.2 Å². The second-order valence-electron chi connectivity index (χ2n) is 12.4. The van der Waals surface area contributed by atoms with Crippen LogP contribution in [0.25, 0.3) is 0 Å². The number of aromatic carboxylic acids is 1. The number of carbonyl (C=O) groups excluding carboxylic acids is 5. The Hall–Kier alpha value is -5.14. The highest BCUT2D eigenvalue weighted by atomic mass is 79.9. The first-order valence-electron chi connectivity index (χ1n) is 17.4. The van der Waals surface area contributed by atoms with Gasteiger partial charge in [-0.1, -0.05) is 110 Å². The molecule has 0 saturated heterocycles. The molecule has 4 N–H and O–H groups in total. The van der Waals surface area contributed by atoms with Crippen LogP contribution in [0.15, 0.2) is 97.1 Å². The lowest BCUT2D eigenvalue weighted by Gasteiger charge is -2.17.